The van der Waals surface area contributed by atoms with Crippen LogP contribution in [0.5, 0.6) is 0 Å². The van der Waals surface area contributed by atoms with Crippen molar-refractivity contribution in [3.8, 4) is 0 Å². The van der Waals surface area contributed by atoms with Gasteiger partial charge in [0.15, 0.2) is 0 Å². The molecule has 1 aromatic rings. The van der Waals surface area contributed by atoms with Crippen molar-refractivity contribution < 1.29 is 37.7 Å². The minimum Gasteiger partial charge on any atom is -0.658 e. The molecule has 13 heavy (non-hydrogen) atoms. The minimum absolute atomic E-state index is 0. The van der Waals surface area contributed by atoms with Crippen LogP contribution >= 0.6 is 0 Å². The van der Waals surface area contributed by atoms with Crippen LogP contribution in [0.15, 0.2) is 36.4 Å². The molecule has 1 nitrogen and oxygen atoms in total. The number of nitrogens with zero attached hydrogens (tertiary/aromatic N) is 1. The van der Waals surface area contributed by atoms with E-state index in [1.54, 1.807) is 6.08 Å². The van der Waals surface area contributed by atoms with Gasteiger partial charge in [-0.15, -0.1) is 6.54 Å². The molecule has 1 rings (SSSR count). The Balaban J connectivity index is 0. The zero-order chi connectivity index (χ0) is 7.94. The summed E-state index contributed by atoms with van der Waals surface area (Å²) in [5.74, 6) is 0. The van der Waals surface area contributed by atoms with Gasteiger partial charge < -0.3 is 11.9 Å². The van der Waals surface area contributed by atoms with Crippen LogP contribution in [0.25, 0.3) is 5.32 Å². The van der Waals surface area contributed by atoms with Crippen molar-refractivity contribution in [3.05, 3.63) is 53.9 Å². The van der Waals surface area contributed by atoms with Crippen LogP contribution in [0, 0.1) is 6.58 Å². The van der Waals surface area contributed by atoms with Gasteiger partial charge in [0.05, 0.1) is 0 Å². The van der Waals surface area contributed by atoms with E-state index in [1.807, 2.05) is 18.2 Å². The molecule has 1 aromatic carbocycles. The second-order valence-electron chi connectivity index (χ2n) is 2.29. The molecule has 0 N–H and O–H groups in total. The van der Waals surface area contributed by atoms with Crippen LogP contribution in [0.2, 0.25) is 0 Å². The summed E-state index contributed by atoms with van der Waals surface area (Å²) in [5.41, 5.74) is 1.23. The molecule has 0 saturated carbocycles. The van der Waals surface area contributed by atoms with E-state index >= 15 is 0 Å². The van der Waals surface area contributed by atoms with E-state index in [0.717, 1.165) is 6.54 Å². The smallest absolute Gasteiger partial charge is 0.658 e. The average molecular weight is 159 g/mol. The maximum absolute atomic E-state index is 5.17. The summed E-state index contributed by atoms with van der Waals surface area (Å²) in [5, 5.41) is 4.18. The molecular formula is C10H11Li2N. The largest absolute Gasteiger partial charge is 1.00 e. The van der Waals surface area contributed by atoms with Gasteiger partial charge in [0.2, 0.25) is 0 Å². The Kier molecular flexibility index (Phi) is 12.2. The molecule has 0 aliphatic rings. The minimum atomic E-state index is 0. The summed E-state index contributed by atoms with van der Waals surface area (Å²) in [4.78, 5) is 0. The van der Waals surface area contributed by atoms with Crippen molar-refractivity contribution >= 4 is 0 Å². The Labute approximate surface area is 104 Å². The summed E-state index contributed by atoms with van der Waals surface area (Å²) < 4.78 is 0. The third-order valence-electron chi connectivity index (χ3n) is 1.37. The monoisotopic (exact) mass is 159 g/mol. The Morgan fingerprint density at radius 3 is 2.31 bits per heavy atom. The molecule has 0 spiro atoms. The van der Waals surface area contributed by atoms with Gasteiger partial charge in [0.1, 0.15) is 0 Å². The summed E-state index contributed by atoms with van der Waals surface area (Å²) in [6, 6.07) is 10.1. The fourth-order valence-corrected chi connectivity index (χ4v) is 0.852. The van der Waals surface area contributed by atoms with Gasteiger partial charge in [-0.2, -0.15) is 6.54 Å². The first kappa shape index (κ1) is 15.6. The first-order valence-corrected chi connectivity index (χ1v) is 3.64. The molecule has 0 bridgehead atoms. The maximum atomic E-state index is 5.17. The molecule has 0 saturated heterocycles. The zero-order valence-electron chi connectivity index (χ0n) is 8.40. The SMILES string of the molecule is [CH-]=CC[N-]Cc1ccccc1.[Li+].[Li+]. The fraction of sp³-hybridized carbons (Fsp3) is 0.200. The number of benzene rings is 1. The van der Waals surface area contributed by atoms with Crippen molar-refractivity contribution in [2.45, 2.75) is 6.54 Å². The third-order valence-corrected chi connectivity index (χ3v) is 1.37. The Morgan fingerprint density at radius 1 is 1.15 bits per heavy atom. The second-order valence-corrected chi connectivity index (χ2v) is 2.29. The molecule has 0 aliphatic heterocycles. The Bertz CT molecular complexity index is 211. The van der Waals surface area contributed by atoms with Crippen molar-refractivity contribution in [2.24, 2.45) is 0 Å². The van der Waals surface area contributed by atoms with Crippen LogP contribution in [0.4, 0.5) is 0 Å². The van der Waals surface area contributed by atoms with E-state index in [2.05, 4.69) is 17.4 Å². The van der Waals surface area contributed by atoms with Crippen LogP contribution < -0.4 is 37.7 Å². The molecule has 0 atom stereocenters. The van der Waals surface area contributed by atoms with Crippen LogP contribution in [-0.4, -0.2) is 6.54 Å². The van der Waals surface area contributed by atoms with Crippen LogP contribution in [0.3, 0.4) is 0 Å². The molecule has 0 aliphatic carbocycles. The van der Waals surface area contributed by atoms with Gasteiger partial charge in [-0.3, -0.25) is 6.08 Å². The summed E-state index contributed by atoms with van der Waals surface area (Å²) in [6.45, 7) is 6.57. The number of rotatable bonds is 4. The van der Waals surface area contributed by atoms with E-state index in [0.29, 0.717) is 6.54 Å². The summed E-state index contributed by atoms with van der Waals surface area (Å²) in [6.07, 6.45) is 1.56. The molecule has 0 unspecified atom stereocenters. The molecule has 0 radical (unpaired) electrons. The molecule has 58 valence electrons. The van der Waals surface area contributed by atoms with E-state index in [4.69, 9.17) is 6.58 Å². The van der Waals surface area contributed by atoms with Gasteiger partial charge in [0.25, 0.3) is 0 Å². The Hall–Kier alpha value is 0.115. The molecule has 0 amide bonds. The number of hydrogen-bond acceptors (Lipinski definition) is 0. The molecule has 3 heteroatoms. The molecule has 0 heterocycles. The predicted molar refractivity (Wildman–Crippen MR) is 47.2 cm³/mol. The topological polar surface area (TPSA) is 14.1 Å². The molecule has 0 aromatic heterocycles. The Morgan fingerprint density at radius 2 is 1.77 bits per heavy atom. The summed E-state index contributed by atoms with van der Waals surface area (Å²) in [7, 11) is 0. The van der Waals surface area contributed by atoms with Gasteiger partial charge in [-0.25, -0.2) is 0 Å². The first-order valence-electron chi connectivity index (χ1n) is 3.64. The first-order chi connectivity index (χ1) is 5.43. The van der Waals surface area contributed by atoms with Crippen LogP contribution in [0.1, 0.15) is 5.56 Å². The third kappa shape index (κ3) is 7.21. The fourth-order valence-electron chi connectivity index (χ4n) is 0.852. The van der Waals surface area contributed by atoms with Gasteiger partial charge in [0, 0.05) is 0 Å². The normalized spacial score (nSPS) is 8.00. The van der Waals surface area contributed by atoms with Crippen molar-refractivity contribution in [1.82, 2.24) is 0 Å². The number of hydrogen-bond donors (Lipinski definition) is 0. The van der Waals surface area contributed by atoms with Crippen molar-refractivity contribution in [1.29, 1.82) is 0 Å². The quantitative estimate of drug-likeness (QED) is 0.246. The van der Waals surface area contributed by atoms with E-state index in [1.165, 1.54) is 5.56 Å². The van der Waals surface area contributed by atoms with E-state index < -0.39 is 0 Å². The second kappa shape index (κ2) is 10.2. The molecular weight excluding hydrogens is 148 g/mol. The predicted octanol–water partition coefficient (Wildman–Crippen LogP) is -3.44. The van der Waals surface area contributed by atoms with Crippen LogP contribution in [-0.2, 0) is 6.54 Å². The molecule has 0 fully saturated rings. The van der Waals surface area contributed by atoms with Gasteiger partial charge in [-0.1, -0.05) is 35.9 Å². The standard InChI is InChI=1S/C10H11N.2Li/c1-2-8-11-9-10-6-4-3-5-7-10;;/h1-7H,8-9H2;;/q-2;2*+1. The van der Waals surface area contributed by atoms with Gasteiger partial charge in [-0.05, 0) is 0 Å². The van der Waals surface area contributed by atoms with Gasteiger partial charge >= 0.3 is 37.7 Å². The maximum Gasteiger partial charge on any atom is 1.00 e. The van der Waals surface area contributed by atoms with Crippen molar-refractivity contribution in [3.63, 3.8) is 0 Å². The summed E-state index contributed by atoms with van der Waals surface area (Å²) >= 11 is 0. The van der Waals surface area contributed by atoms with Crippen molar-refractivity contribution in [2.75, 3.05) is 6.54 Å². The zero-order valence-corrected chi connectivity index (χ0v) is 8.40. The van der Waals surface area contributed by atoms with E-state index in [-0.39, 0.29) is 37.7 Å². The van der Waals surface area contributed by atoms with E-state index in [9.17, 15) is 0 Å². The average Bonchev–Trinajstić information content (AvgIpc) is 2.07.